The van der Waals surface area contributed by atoms with Crippen LogP contribution < -0.4 is 0 Å². The third-order valence-electron chi connectivity index (χ3n) is 11.0. The minimum Gasteiger partial charge on any atom is -0.0622 e. The first-order valence-corrected chi connectivity index (χ1v) is 17.2. The summed E-state index contributed by atoms with van der Waals surface area (Å²) in [7, 11) is 0. The zero-order chi connectivity index (χ0) is 32.2. The maximum atomic E-state index is 2.42. The lowest BCUT2D eigenvalue weighted by atomic mass is 9.81. The molecule has 0 unspecified atom stereocenters. The van der Waals surface area contributed by atoms with Crippen LogP contribution >= 0.6 is 0 Å². The molecule has 0 amide bonds. The Hall–Kier alpha value is -6.24. The van der Waals surface area contributed by atoms with Crippen LogP contribution in [-0.2, 0) is 0 Å². The summed E-state index contributed by atoms with van der Waals surface area (Å²) >= 11 is 0. The highest BCUT2D eigenvalue weighted by atomic mass is 14.3. The molecule has 226 valence electrons. The minimum absolute atomic E-state index is 1.23. The molecule has 0 heterocycles. The molecule has 0 bridgehead atoms. The normalized spacial score (nSPS) is 12.2. The highest BCUT2D eigenvalue weighted by molar-refractivity contribution is 6.39. The molecule has 0 nitrogen and oxygen atoms in total. The molecule has 0 heteroatoms. The lowest BCUT2D eigenvalue weighted by Crippen LogP contribution is -1.95. The van der Waals surface area contributed by atoms with Gasteiger partial charge in [0.2, 0.25) is 0 Å². The summed E-state index contributed by atoms with van der Waals surface area (Å²) in [5.41, 5.74) is 14.3. The van der Waals surface area contributed by atoms with Gasteiger partial charge in [-0.25, -0.2) is 0 Å². The first-order chi connectivity index (χ1) is 24.3. The Balaban J connectivity index is 1.37. The highest BCUT2D eigenvalue weighted by Crippen LogP contribution is 2.60. The smallest absolute Gasteiger partial charge is 0.000718 e. The Morgan fingerprint density at radius 1 is 0.265 bits per heavy atom. The van der Waals surface area contributed by atoms with E-state index in [0.29, 0.717) is 0 Å². The number of aryl methyl sites for hydroxylation is 1. The molecule has 0 atom stereocenters. The lowest BCUT2D eigenvalue weighted by Gasteiger charge is -2.22. The second-order valence-corrected chi connectivity index (χ2v) is 13.6. The molecule has 0 aromatic heterocycles. The van der Waals surface area contributed by atoms with Crippen LogP contribution in [0.1, 0.15) is 5.56 Å². The van der Waals surface area contributed by atoms with Crippen LogP contribution in [0.25, 0.3) is 109 Å². The predicted molar refractivity (Wildman–Crippen MR) is 211 cm³/mol. The van der Waals surface area contributed by atoms with E-state index in [4.69, 9.17) is 0 Å². The SMILES string of the molecule is Cc1ccc(-c2c3c(c(-c4ccccc4-c4ccccc4)c4ccccc24)-c2ccc4c5cccc6cccc(c7ccc-3c2c74)c65)cc1. The lowest BCUT2D eigenvalue weighted by molar-refractivity contribution is 1.47. The zero-order valence-electron chi connectivity index (χ0n) is 27.1. The van der Waals surface area contributed by atoms with Crippen LogP contribution in [0.4, 0.5) is 0 Å². The van der Waals surface area contributed by atoms with Gasteiger partial charge >= 0.3 is 0 Å². The molecule has 10 aromatic carbocycles. The molecule has 49 heavy (non-hydrogen) atoms. The number of rotatable bonds is 3. The van der Waals surface area contributed by atoms with E-state index in [9.17, 15) is 0 Å². The quantitative estimate of drug-likeness (QED) is 0.136. The van der Waals surface area contributed by atoms with Gasteiger partial charge < -0.3 is 0 Å². The van der Waals surface area contributed by atoms with Crippen molar-refractivity contribution in [3.05, 3.63) is 169 Å². The molecule has 0 aliphatic heterocycles. The molecular weight excluding hydrogens is 589 g/mol. The monoisotopic (exact) mass is 618 g/mol. The van der Waals surface area contributed by atoms with Crippen molar-refractivity contribution < 1.29 is 0 Å². The number of fused-ring (bicyclic) bond motifs is 6. The average molecular weight is 619 g/mol. The van der Waals surface area contributed by atoms with E-state index < -0.39 is 0 Å². The van der Waals surface area contributed by atoms with Crippen LogP contribution in [0.15, 0.2) is 164 Å². The Kier molecular flexibility index (Phi) is 5.41. The highest BCUT2D eigenvalue weighted by Gasteiger charge is 2.32. The maximum absolute atomic E-state index is 2.42. The van der Waals surface area contributed by atoms with Gasteiger partial charge in [0.25, 0.3) is 0 Å². The second kappa shape index (κ2) is 9.89. The van der Waals surface area contributed by atoms with Gasteiger partial charge in [-0.15, -0.1) is 0 Å². The molecule has 0 fully saturated rings. The van der Waals surface area contributed by atoms with Crippen molar-refractivity contribution >= 4 is 53.9 Å². The summed E-state index contributed by atoms with van der Waals surface area (Å²) in [6.45, 7) is 2.17. The summed E-state index contributed by atoms with van der Waals surface area (Å²) in [5, 5.41) is 13.3. The Morgan fingerprint density at radius 3 is 1.47 bits per heavy atom. The molecule has 1 aliphatic carbocycles. The second-order valence-electron chi connectivity index (χ2n) is 13.6. The van der Waals surface area contributed by atoms with Crippen molar-refractivity contribution in [2.24, 2.45) is 0 Å². The Morgan fingerprint density at radius 2 is 0.796 bits per heavy atom. The van der Waals surface area contributed by atoms with Crippen molar-refractivity contribution in [1.29, 1.82) is 0 Å². The average Bonchev–Trinajstić information content (AvgIpc) is 3.49. The van der Waals surface area contributed by atoms with Gasteiger partial charge in [0.05, 0.1) is 0 Å². The van der Waals surface area contributed by atoms with Crippen LogP contribution in [0.2, 0.25) is 0 Å². The largest absolute Gasteiger partial charge is 0.0622 e. The number of hydrogen-bond donors (Lipinski definition) is 0. The fourth-order valence-corrected chi connectivity index (χ4v) is 9.00. The summed E-state index contributed by atoms with van der Waals surface area (Å²) in [4.78, 5) is 0. The van der Waals surface area contributed by atoms with Gasteiger partial charge in [0.15, 0.2) is 0 Å². The fraction of sp³-hybridized carbons (Fsp3) is 0.0204. The first-order valence-electron chi connectivity index (χ1n) is 17.2. The Labute approximate surface area is 284 Å². The molecule has 0 radical (unpaired) electrons. The van der Waals surface area contributed by atoms with Gasteiger partial charge in [-0.05, 0) is 116 Å². The predicted octanol–water partition coefficient (Wildman–Crippen LogP) is 13.8. The van der Waals surface area contributed by atoms with E-state index in [1.165, 1.54) is 115 Å². The van der Waals surface area contributed by atoms with Crippen molar-refractivity contribution in [3.8, 4) is 55.6 Å². The Bertz CT molecular complexity index is 2910. The van der Waals surface area contributed by atoms with E-state index in [0.717, 1.165) is 0 Å². The van der Waals surface area contributed by atoms with E-state index in [1.54, 1.807) is 0 Å². The summed E-state index contributed by atoms with van der Waals surface area (Å²) < 4.78 is 0. The van der Waals surface area contributed by atoms with Crippen molar-refractivity contribution in [2.45, 2.75) is 6.92 Å². The molecular formula is C49H30. The topological polar surface area (TPSA) is 0 Å². The molecule has 0 saturated carbocycles. The van der Waals surface area contributed by atoms with Crippen molar-refractivity contribution in [2.75, 3.05) is 0 Å². The van der Waals surface area contributed by atoms with E-state index in [2.05, 4.69) is 171 Å². The molecule has 1 aliphatic rings. The van der Waals surface area contributed by atoms with Crippen molar-refractivity contribution in [1.82, 2.24) is 0 Å². The van der Waals surface area contributed by atoms with E-state index in [1.807, 2.05) is 0 Å². The number of benzene rings is 10. The molecule has 0 spiro atoms. The first kappa shape index (κ1) is 26.8. The molecule has 0 N–H and O–H groups in total. The van der Waals surface area contributed by atoms with Crippen LogP contribution in [0.3, 0.4) is 0 Å². The fourth-order valence-electron chi connectivity index (χ4n) is 9.00. The van der Waals surface area contributed by atoms with Gasteiger partial charge in [0.1, 0.15) is 0 Å². The molecule has 10 aromatic rings. The molecule has 11 rings (SSSR count). The number of hydrogen-bond acceptors (Lipinski definition) is 0. The third kappa shape index (κ3) is 3.58. The standard InChI is InChI=1S/C49H30/c1-29-21-23-32(24-22-29)44-37-17-7-8-18-38(37)46(34-16-6-5-15-33(34)30-11-3-2-4-12-30)49-42-28-26-40-36-20-10-14-31-13-9-19-35(43(31)36)39-25-27-41(48(44)49)47(42)45(39)40/h2-28H,1H3. The third-order valence-corrected chi connectivity index (χ3v) is 11.0. The van der Waals surface area contributed by atoms with Crippen LogP contribution in [0.5, 0.6) is 0 Å². The molecule has 0 saturated heterocycles. The van der Waals surface area contributed by atoms with E-state index >= 15 is 0 Å². The van der Waals surface area contributed by atoms with Crippen LogP contribution in [0, 0.1) is 6.92 Å². The minimum atomic E-state index is 1.23. The van der Waals surface area contributed by atoms with Gasteiger partial charge in [-0.3, -0.25) is 0 Å². The van der Waals surface area contributed by atoms with Gasteiger partial charge in [0, 0.05) is 0 Å². The maximum Gasteiger partial charge on any atom is -0.000718 e. The summed E-state index contributed by atoms with van der Waals surface area (Å²) in [5.74, 6) is 0. The van der Waals surface area contributed by atoms with Gasteiger partial charge in [-0.2, -0.15) is 0 Å². The van der Waals surface area contributed by atoms with Gasteiger partial charge in [-0.1, -0.05) is 169 Å². The van der Waals surface area contributed by atoms with E-state index in [-0.39, 0.29) is 0 Å². The zero-order valence-corrected chi connectivity index (χ0v) is 27.1. The summed E-state index contributed by atoms with van der Waals surface area (Å²) in [6.07, 6.45) is 0. The van der Waals surface area contributed by atoms with Crippen LogP contribution in [-0.4, -0.2) is 0 Å². The van der Waals surface area contributed by atoms with Crippen molar-refractivity contribution in [3.63, 3.8) is 0 Å². The summed E-state index contributed by atoms with van der Waals surface area (Å²) in [6, 6.07) is 61.3.